The molecule has 0 spiro atoms. The maximum absolute atomic E-state index is 12.3. The summed E-state index contributed by atoms with van der Waals surface area (Å²) in [5.41, 5.74) is 0.361. The molecule has 1 heterocycles. The minimum absolute atomic E-state index is 0.0212. The topological polar surface area (TPSA) is 60.2 Å². The Labute approximate surface area is 115 Å². The van der Waals surface area contributed by atoms with Gasteiger partial charge in [-0.3, -0.25) is 0 Å². The van der Waals surface area contributed by atoms with Gasteiger partial charge in [-0.2, -0.15) is 8.78 Å². The third-order valence-corrected chi connectivity index (χ3v) is 2.62. The second-order valence-corrected chi connectivity index (χ2v) is 4.08. The van der Waals surface area contributed by atoms with Gasteiger partial charge >= 0.3 is 6.61 Å². The van der Waals surface area contributed by atoms with Gasteiger partial charge in [-0.05, 0) is 32.1 Å². The van der Waals surface area contributed by atoms with Crippen LogP contribution in [0.4, 0.5) is 8.78 Å². The number of nitrogens with zero attached hydrogens (tertiary/aromatic N) is 2. The number of halogens is 2. The average molecular weight is 283 g/mol. The number of nitrogens with one attached hydrogen (secondary N) is 1. The highest BCUT2D eigenvalue weighted by Gasteiger charge is 2.15. The minimum atomic E-state index is -2.89. The van der Waals surface area contributed by atoms with Crippen LogP contribution in [-0.4, -0.2) is 30.4 Å². The van der Waals surface area contributed by atoms with Crippen molar-refractivity contribution in [1.29, 1.82) is 0 Å². The molecule has 0 aliphatic heterocycles. The number of hydrogen-bond acceptors (Lipinski definition) is 5. The Hall–Kier alpha value is -2.02. The first-order chi connectivity index (χ1) is 9.70. The maximum atomic E-state index is 12.3. The highest BCUT2D eigenvalue weighted by molar-refractivity contribution is 5.62. The number of aromatic nitrogens is 2. The predicted molar refractivity (Wildman–Crippen MR) is 68.6 cm³/mol. The Balaban J connectivity index is 2.15. The van der Waals surface area contributed by atoms with Crippen LogP contribution in [0, 0.1) is 0 Å². The van der Waals surface area contributed by atoms with Crippen molar-refractivity contribution < 1.29 is 17.9 Å². The van der Waals surface area contributed by atoms with Gasteiger partial charge in [0.2, 0.25) is 5.89 Å². The Morgan fingerprint density at radius 3 is 2.85 bits per heavy atom. The van der Waals surface area contributed by atoms with Gasteiger partial charge in [0.25, 0.3) is 5.89 Å². The van der Waals surface area contributed by atoms with E-state index < -0.39 is 6.61 Å². The van der Waals surface area contributed by atoms with Crippen LogP contribution in [0.3, 0.4) is 0 Å². The Kier molecular flexibility index (Phi) is 5.00. The fourth-order valence-corrected chi connectivity index (χ4v) is 1.72. The third-order valence-electron chi connectivity index (χ3n) is 2.62. The van der Waals surface area contributed by atoms with E-state index in [-0.39, 0.29) is 11.6 Å². The van der Waals surface area contributed by atoms with Gasteiger partial charge in [-0.25, -0.2) is 0 Å². The Bertz CT molecular complexity index is 546. The highest BCUT2D eigenvalue weighted by Crippen LogP contribution is 2.29. The SMILES string of the molecule is CNCCCc1nnc(-c2ccccc2OC(F)F)o1. The van der Waals surface area contributed by atoms with Crippen molar-refractivity contribution in [3.8, 4) is 17.2 Å². The summed E-state index contributed by atoms with van der Waals surface area (Å²) in [6.45, 7) is -2.06. The number of hydrogen-bond donors (Lipinski definition) is 1. The molecule has 20 heavy (non-hydrogen) atoms. The smallest absolute Gasteiger partial charge is 0.387 e. The minimum Gasteiger partial charge on any atom is -0.434 e. The van der Waals surface area contributed by atoms with Gasteiger partial charge in [-0.1, -0.05) is 12.1 Å². The fraction of sp³-hybridized carbons (Fsp3) is 0.385. The van der Waals surface area contributed by atoms with Crippen LogP contribution >= 0.6 is 0 Å². The normalized spacial score (nSPS) is 11.0. The number of benzene rings is 1. The molecule has 2 aromatic rings. The van der Waals surface area contributed by atoms with Crippen LogP contribution < -0.4 is 10.1 Å². The highest BCUT2D eigenvalue weighted by atomic mass is 19.3. The maximum Gasteiger partial charge on any atom is 0.387 e. The lowest BCUT2D eigenvalue weighted by Crippen LogP contribution is -2.08. The molecule has 0 amide bonds. The second kappa shape index (κ2) is 6.95. The van der Waals surface area contributed by atoms with Crippen molar-refractivity contribution in [2.75, 3.05) is 13.6 Å². The zero-order valence-corrected chi connectivity index (χ0v) is 11.0. The molecule has 0 aliphatic carbocycles. The molecule has 0 saturated carbocycles. The van der Waals surface area contributed by atoms with Gasteiger partial charge in [0, 0.05) is 6.42 Å². The summed E-state index contributed by atoms with van der Waals surface area (Å²) < 4.78 is 34.6. The van der Waals surface area contributed by atoms with Crippen molar-refractivity contribution in [3.05, 3.63) is 30.2 Å². The standard InChI is InChI=1S/C13H15F2N3O2/c1-16-8-4-7-11-17-18-12(20-11)9-5-2-3-6-10(9)19-13(14)15/h2-3,5-6,13,16H,4,7-8H2,1H3. The largest absolute Gasteiger partial charge is 0.434 e. The molecule has 0 radical (unpaired) electrons. The lowest BCUT2D eigenvalue weighted by atomic mass is 10.2. The summed E-state index contributed by atoms with van der Waals surface area (Å²) in [4.78, 5) is 0. The van der Waals surface area contributed by atoms with Crippen LogP contribution in [0.1, 0.15) is 12.3 Å². The number of ether oxygens (including phenoxy) is 1. The van der Waals surface area contributed by atoms with E-state index in [1.807, 2.05) is 7.05 Å². The van der Waals surface area contributed by atoms with E-state index >= 15 is 0 Å². The zero-order valence-electron chi connectivity index (χ0n) is 11.0. The van der Waals surface area contributed by atoms with E-state index in [1.54, 1.807) is 18.2 Å². The lowest BCUT2D eigenvalue weighted by molar-refractivity contribution is -0.0495. The van der Waals surface area contributed by atoms with Gasteiger partial charge in [0.1, 0.15) is 5.75 Å². The predicted octanol–water partition coefficient (Wildman–Crippen LogP) is 2.49. The average Bonchev–Trinajstić information content (AvgIpc) is 2.88. The van der Waals surface area contributed by atoms with Crippen LogP contribution in [0.15, 0.2) is 28.7 Å². The second-order valence-electron chi connectivity index (χ2n) is 4.08. The van der Waals surface area contributed by atoms with Crippen molar-refractivity contribution in [2.45, 2.75) is 19.5 Å². The van der Waals surface area contributed by atoms with E-state index in [0.717, 1.165) is 13.0 Å². The summed E-state index contributed by atoms with van der Waals surface area (Å²) in [6, 6.07) is 6.33. The van der Waals surface area contributed by atoms with E-state index in [4.69, 9.17) is 4.42 Å². The summed E-state index contributed by atoms with van der Waals surface area (Å²) in [5, 5.41) is 10.8. The first kappa shape index (κ1) is 14.4. The van der Waals surface area contributed by atoms with Crippen molar-refractivity contribution in [1.82, 2.24) is 15.5 Å². The quantitative estimate of drug-likeness (QED) is 0.791. The molecular weight excluding hydrogens is 268 g/mol. The molecule has 2 rings (SSSR count). The van der Waals surface area contributed by atoms with Crippen molar-refractivity contribution >= 4 is 0 Å². The molecule has 0 atom stereocenters. The first-order valence-corrected chi connectivity index (χ1v) is 6.22. The third kappa shape index (κ3) is 3.74. The monoisotopic (exact) mass is 283 g/mol. The van der Waals surface area contributed by atoms with Gasteiger partial charge in [0.05, 0.1) is 5.56 Å². The summed E-state index contributed by atoms with van der Waals surface area (Å²) >= 11 is 0. The van der Waals surface area contributed by atoms with Crippen LogP contribution in [0.25, 0.3) is 11.5 Å². The Morgan fingerprint density at radius 2 is 2.10 bits per heavy atom. The fourth-order valence-electron chi connectivity index (χ4n) is 1.72. The summed E-state index contributed by atoms with van der Waals surface area (Å²) in [7, 11) is 1.86. The molecule has 0 aliphatic rings. The first-order valence-electron chi connectivity index (χ1n) is 6.22. The van der Waals surface area contributed by atoms with Crippen LogP contribution in [-0.2, 0) is 6.42 Å². The number of rotatable bonds is 7. The van der Waals surface area contributed by atoms with Crippen molar-refractivity contribution in [2.24, 2.45) is 0 Å². The van der Waals surface area contributed by atoms with E-state index in [2.05, 4.69) is 20.3 Å². The molecular formula is C13H15F2N3O2. The number of para-hydroxylation sites is 1. The van der Waals surface area contributed by atoms with Crippen LogP contribution in [0.5, 0.6) is 5.75 Å². The molecule has 7 heteroatoms. The Morgan fingerprint density at radius 1 is 1.30 bits per heavy atom. The molecule has 0 bridgehead atoms. The summed E-state index contributed by atoms with van der Waals surface area (Å²) in [5.74, 6) is 0.677. The van der Waals surface area contributed by atoms with Crippen LogP contribution in [0.2, 0.25) is 0 Å². The lowest BCUT2D eigenvalue weighted by Gasteiger charge is -2.07. The molecule has 0 fully saturated rings. The van der Waals surface area contributed by atoms with E-state index in [9.17, 15) is 8.78 Å². The zero-order chi connectivity index (χ0) is 14.4. The summed E-state index contributed by atoms with van der Waals surface area (Å²) in [6.07, 6.45) is 1.49. The van der Waals surface area contributed by atoms with Gasteiger partial charge in [0.15, 0.2) is 0 Å². The molecule has 5 nitrogen and oxygen atoms in total. The molecule has 1 aromatic carbocycles. The molecule has 1 N–H and O–H groups in total. The van der Waals surface area contributed by atoms with Gasteiger partial charge in [-0.15, -0.1) is 10.2 Å². The van der Waals surface area contributed by atoms with E-state index in [0.29, 0.717) is 17.9 Å². The number of aryl methyl sites for hydroxylation is 1. The molecule has 1 aromatic heterocycles. The molecule has 108 valence electrons. The van der Waals surface area contributed by atoms with Gasteiger partial charge < -0.3 is 14.5 Å². The molecule has 0 unspecified atom stereocenters. The van der Waals surface area contributed by atoms with E-state index in [1.165, 1.54) is 6.07 Å². The van der Waals surface area contributed by atoms with Crippen molar-refractivity contribution in [3.63, 3.8) is 0 Å². The number of alkyl halides is 2. The molecule has 0 saturated heterocycles.